The van der Waals surface area contributed by atoms with Gasteiger partial charge in [-0.05, 0) is 35.6 Å². The molecule has 1 saturated heterocycles. The standard InChI is InChI=1S/C18H22N2O4S2/c21-18(8-5-16-2-1-13-25-16)19-14-15-3-6-17(7-4-15)26(22,23)20-9-11-24-12-10-20/h1-4,6-7,13H,5,8-12,14H2,(H,19,21). The van der Waals surface area contributed by atoms with Gasteiger partial charge < -0.3 is 10.1 Å². The van der Waals surface area contributed by atoms with E-state index in [0.717, 1.165) is 12.0 Å². The first kappa shape index (κ1) is 19.0. The van der Waals surface area contributed by atoms with E-state index in [1.54, 1.807) is 35.6 Å². The monoisotopic (exact) mass is 394 g/mol. The summed E-state index contributed by atoms with van der Waals surface area (Å²) in [6, 6.07) is 10.7. The zero-order chi connectivity index (χ0) is 18.4. The van der Waals surface area contributed by atoms with Gasteiger partial charge in [0.2, 0.25) is 15.9 Å². The Hall–Kier alpha value is -1.74. The number of carbonyl (C=O) groups is 1. The van der Waals surface area contributed by atoms with Crippen molar-refractivity contribution in [1.29, 1.82) is 0 Å². The maximum Gasteiger partial charge on any atom is 0.243 e. The topological polar surface area (TPSA) is 75.7 Å². The minimum Gasteiger partial charge on any atom is -0.379 e. The second kappa shape index (κ2) is 8.77. The molecule has 1 fully saturated rings. The van der Waals surface area contributed by atoms with Crippen molar-refractivity contribution < 1.29 is 17.9 Å². The largest absolute Gasteiger partial charge is 0.379 e. The number of hydrogen-bond acceptors (Lipinski definition) is 5. The van der Waals surface area contributed by atoms with Crippen LogP contribution in [0.1, 0.15) is 16.9 Å². The normalized spacial score (nSPS) is 15.7. The van der Waals surface area contributed by atoms with E-state index in [9.17, 15) is 13.2 Å². The maximum absolute atomic E-state index is 12.6. The Morgan fingerprint density at radius 3 is 2.54 bits per heavy atom. The number of hydrogen-bond donors (Lipinski definition) is 1. The molecule has 0 radical (unpaired) electrons. The number of nitrogens with one attached hydrogen (secondary N) is 1. The lowest BCUT2D eigenvalue weighted by molar-refractivity contribution is -0.121. The van der Waals surface area contributed by atoms with Crippen LogP contribution in [0.5, 0.6) is 0 Å². The number of benzene rings is 1. The van der Waals surface area contributed by atoms with Crippen molar-refractivity contribution in [1.82, 2.24) is 9.62 Å². The van der Waals surface area contributed by atoms with E-state index >= 15 is 0 Å². The van der Waals surface area contributed by atoms with Crippen LogP contribution in [0.3, 0.4) is 0 Å². The Labute approximate surface area is 157 Å². The van der Waals surface area contributed by atoms with E-state index in [0.29, 0.717) is 39.3 Å². The summed E-state index contributed by atoms with van der Waals surface area (Å²) in [4.78, 5) is 13.4. The smallest absolute Gasteiger partial charge is 0.243 e. The number of morpholine rings is 1. The summed E-state index contributed by atoms with van der Waals surface area (Å²) in [7, 11) is -3.48. The molecule has 1 amide bonds. The lowest BCUT2D eigenvalue weighted by Crippen LogP contribution is -2.40. The summed E-state index contributed by atoms with van der Waals surface area (Å²) >= 11 is 1.65. The van der Waals surface area contributed by atoms with E-state index in [4.69, 9.17) is 4.74 Å². The molecule has 0 bridgehead atoms. The third kappa shape index (κ3) is 4.91. The highest BCUT2D eigenvalue weighted by atomic mass is 32.2. The number of sulfonamides is 1. The molecule has 1 aromatic heterocycles. The van der Waals surface area contributed by atoms with Crippen LogP contribution in [0.2, 0.25) is 0 Å². The average Bonchev–Trinajstić information content (AvgIpc) is 3.19. The van der Waals surface area contributed by atoms with E-state index in [2.05, 4.69) is 5.32 Å². The van der Waals surface area contributed by atoms with Crippen molar-refractivity contribution in [2.75, 3.05) is 26.3 Å². The third-order valence-corrected chi connectivity index (χ3v) is 7.05. The summed E-state index contributed by atoms with van der Waals surface area (Å²) < 4.78 is 31.8. The number of nitrogens with zero attached hydrogens (tertiary/aromatic N) is 1. The molecule has 0 atom stereocenters. The highest BCUT2D eigenvalue weighted by Gasteiger charge is 2.26. The van der Waals surface area contributed by atoms with Crippen LogP contribution in [0.25, 0.3) is 0 Å². The fourth-order valence-corrected chi connectivity index (χ4v) is 4.81. The van der Waals surface area contributed by atoms with E-state index in [1.165, 1.54) is 9.18 Å². The minimum absolute atomic E-state index is 0.0107. The van der Waals surface area contributed by atoms with E-state index in [1.807, 2.05) is 17.5 Å². The van der Waals surface area contributed by atoms with Gasteiger partial charge in [0.25, 0.3) is 0 Å². The summed E-state index contributed by atoms with van der Waals surface area (Å²) in [6.45, 7) is 2.00. The summed E-state index contributed by atoms with van der Waals surface area (Å²) in [5.74, 6) is -0.0107. The molecule has 0 aliphatic carbocycles. The molecule has 1 aliphatic rings. The highest BCUT2D eigenvalue weighted by molar-refractivity contribution is 7.89. The first-order valence-corrected chi connectivity index (χ1v) is 10.8. The first-order valence-electron chi connectivity index (χ1n) is 8.51. The molecule has 0 unspecified atom stereocenters. The second-order valence-corrected chi connectivity index (χ2v) is 8.99. The van der Waals surface area contributed by atoms with Gasteiger partial charge in [0.1, 0.15) is 0 Å². The van der Waals surface area contributed by atoms with Crippen LogP contribution in [0.15, 0.2) is 46.7 Å². The zero-order valence-electron chi connectivity index (χ0n) is 14.4. The van der Waals surface area contributed by atoms with Gasteiger partial charge in [-0.25, -0.2) is 8.42 Å². The molecule has 1 N–H and O–H groups in total. The number of carbonyl (C=O) groups excluding carboxylic acids is 1. The van der Waals surface area contributed by atoms with Crippen LogP contribution in [-0.2, 0) is 32.5 Å². The van der Waals surface area contributed by atoms with Crippen molar-refractivity contribution in [3.05, 3.63) is 52.2 Å². The summed E-state index contributed by atoms with van der Waals surface area (Å²) in [5, 5.41) is 4.87. The van der Waals surface area contributed by atoms with Gasteiger partial charge in [-0.1, -0.05) is 18.2 Å². The van der Waals surface area contributed by atoms with Crippen molar-refractivity contribution >= 4 is 27.3 Å². The summed E-state index contributed by atoms with van der Waals surface area (Å²) in [5.41, 5.74) is 0.871. The predicted molar refractivity (Wildman–Crippen MR) is 101 cm³/mol. The fourth-order valence-electron chi connectivity index (χ4n) is 2.70. The van der Waals surface area contributed by atoms with Crippen molar-refractivity contribution in [3.63, 3.8) is 0 Å². The van der Waals surface area contributed by atoms with E-state index in [-0.39, 0.29) is 10.8 Å². The molecule has 3 rings (SSSR count). The average molecular weight is 395 g/mol. The SMILES string of the molecule is O=C(CCc1cccs1)NCc1ccc(S(=O)(=O)N2CCOCC2)cc1. The van der Waals surface area contributed by atoms with Crippen LogP contribution in [0.4, 0.5) is 0 Å². The van der Waals surface area contributed by atoms with Gasteiger partial charge >= 0.3 is 0 Å². The molecule has 0 spiro atoms. The molecule has 140 valence electrons. The van der Waals surface area contributed by atoms with Crippen molar-refractivity contribution in [2.24, 2.45) is 0 Å². The number of rotatable bonds is 7. The Morgan fingerprint density at radius 2 is 1.88 bits per heavy atom. The Bertz CT molecular complexity index is 811. The fraction of sp³-hybridized carbons (Fsp3) is 0.389. The lowest BCUT2D eigenvalue weighted by atomic mass is 10.2. The molecular weight excluding hydrogens is 372 g/mol. The second-order valence-electron chi connectivity index (χ2n) is 6.02. The third-order valence-electron chi connectivity index (χ3n) is 4.20. The molecule has 8 heteroatoms. The molecule has 6 nitrogen and oxygen atoms in total. The number of aryl methyl sites for hydroxylation is 1. The number of ether oxygens (including phenoxy) is 1. The molecular formula is C18H22N2O4S2. The molecule has 2 aromatic rings. The molecule has 1 aromatic carbocycles. The number of thiophene rings is 1. The molecule has 0 saturated carbocycles. The van der Waals surface area contributed by atoms with E-state index < -0.39 is 10.0 Å². The van der Waals surface area contributed by atoms with Crippen LogP contribution in [-0.4, -0.2) is 44.9 Å². The van der Waals surface area contributed by atoms with Crippen LogP contribution < -0.4 is 5.32 Å². The molecule has 2 heterocycles. The zero-order valence-corrected chi connectivity index (χ0v) is 16.0. The maximum atomic E-state index is 12.6. The Balaban J connectivity index is 1.51. The minimum atomic E-state index is -3.48. The Morgan fingerprint density at radius 1 is 1.15 bits per heavy atom. The van der Waals surface area contributed by atoms with Crippen LogP contribution >= 0.6 is 11.3 Å². The first-order chi connectivity index (χ1) is 12.6. The van der Waals surface area contributed by atoms with Gasteiger partial charge in [-0.15, -0.1) is 11.3 Å². The summed E-state index contributed by atoms with van der Waals surface area (Å²) in [6.07, 6.45) is 1.18. The predicted octanol–water partition coefficient (Wildman–Crippen LogP) is 2.02. The van der Waals surface area contributed by atoms with Gasteiger partial charge in [-0.3, -0.25) is 4.79 Å². The van der Waals surface area contributed by atoms with Crippen LogP contribution in [0, 0.1) is 0 Å². The van der Waals surface area contributed by atoms with Crippen molar-refractivity contribution in [3.8, 4) is 0 Å². The highest BCUT2D eigenvalue weighted by Crippen LogP contribution is 2.17. The van der Waals surface area contributed by atoms with Gasteiger partial charge in [0, 0.05) is 30.9 Å². The quantitative estimate of drug-likeness (QED) is 0.780. The lowest BCUT2D eigenvalue weighted by Gasteiger charge is -2.26. The van der Waals surface area contributed by atoms with Gasteiger partial charge in [-0.2, -0.15) is 4.31 Å². The molecule has 1 aliphatic heterocycles. The Kier molecular flexibility index (Phi) is 6.42. The van der Waals surface area contributed by atoms with Gasteiger partial charge in [0.15, 0.2) is 0 Å². The molecule has 26 heavy (non-hydrogen) atoms. The number of amides is 1. The van der Waals surface area contributed by atoms with Gasteiger partial charge in [0.05, 0.1) is 18.1 Å². The van der Waals surface area contributed by atoms with Crippen molar-refractivity contribution in [2.45, 2.75) is 24.3 Å².